The van der Waals surface area contributed by atoms with Crippen LogP contribution in [0, 0.1) is 6.07 Å². The highest BCUT2D eigenvalue weighted by atomic mass is 14.1. The first-order valence-corrected chi connectivity index (χ1v) is 8.96. The summed E-state index contributed by atoms with van der Waals surface area (Å²) in [6.45, 7) is 0. The first kappa shape index (κ1) is 13.9. The van der Waals surface area contributed by atoms with Gasteiger partial charge in [-0.15, -0.1) is 0 Å². The van der Waals surface area contributed by atoms with Gasteiger partial charge in [0, 0.05) is 0 Å². The van der Waals surface area contributed by atoms with Crippen molar-refractivity contribution in [2.24, 2.45) is 0 Å². The third-order valence-electron chi connectivity index (χ3n) is 5.48. The Labute approximate surface area is 151 Å². The molecule has 0 aromatic heterocycles. The summed E-state index contributed by atoms with van der Waals surface area (Å²) in [7, 11) is 0. The van der Waals surface area contributed by atoms with Crippen LogP contribution in [0.15, 0.2) is 91.0 Å². The molecule has 26 heavy (non-hydrogen) atoms. The first-order valence-electron chi connectivity index (χ1n) is 8.96. The highest BCUT2D eigenvalue weighted by Crippen LogP contribution is 2.39. The van der Waals surface area contributed by atoms with E-state index in [2.05, 4.69) is 97.1 Å². The van der Waals surface area contributed by atoms with Crippen LogP contribution in [0.3, 0.4) is 0 Å². The van der Waals surface area contributed by atoms with E-state index in [-0.39, 0.29) is 0 Å². The van der Waals surface area contributed by atoms with Gasteiger partial charge < -0.3 is 0 Å². The van der Waals surface area contributed by atoms with E-state index in [1.807, 2.05) is 0 Å². The molecule has 0 saturated carbocycles. The SMILES string of the molecule is [c]1c(-c2ccc3ccc4cccc5ccc2c3c45)ccc2ccccc12. The first-order chi connectivity index (χ1) is 12.9. The fourth-order valence-electron chi connectivity index (χ4n) is 4.24. The third kappa shape index (κ3) is 1.84. The van der Waals surface area contributed by atoms with E-state index in [9.17, 15) is 0 Å². The Morgan fingerprint density at radius 3 is 2.00 bits per heavy atom. The highest BCUT2D eigenvalue weighted by molar-refractivity contribution is 6.25. The number of rotatable bonds is 1. The van der Waals surface area contributed by atoms with E-state index in [4.69, 9.17) is 0 Å². The molecule has 0 fully saturated rings. The zero-order chi connectivity index (χ0) is 17.1. The van der Waals surface area contributed by atoms with E-state index >= 15 is 0 Å². The van der Waals surface area contributed by atoms with Crippen LogP contribution in [0.2, 0.25) is 0 Å². The molecule has 0 nitrogen and oxygen atoms in total. The lowest BCUT2D eigenvalue weighted by atomic mass is 9.89. The van der Waals surface area contributed by atoms with Crippen molar-refractivity contribution in [3.63, 3.8) is 0 Å². The minimum atomic E-state index is 1.15. The van der Waals surface area contributed by atoms with Crippen LogP contribution in [0.25, 0.3) is 54.2 Å². The quantitative estimate of drug-likeness (QED) is 0.280. The van der Waals surface area contributed by atoms with Gasteiger partial charge in [-0.2, -0.15) is 0 Å². The molecule has 0 spiro atoms. The van der Waals surface area contributed by atoms with Crippen LogP contribution >= 0.6 is 0 Å². The summed E-state index contributed by atoms with van der Waals surface area (Å²) in [6.07, 6.45) is 0. The lowest BCUT2D eigenvalue weighted by Crippen LogP contribution is -1.87. The normalized spacial score (nSPS) is 11.8. The van der Waals surface area contributed by atoms with Gasteiger partial charge in [-0.05, 0) is 60.3 Å². The van der Waals surface area contributed by atoms with Gasteiger partial charge in [-0.1, -0.05) is 91.0 Å². The molecule has 0 amide bonds. The maximum atomic E-state index is 3.62. The molecule has 1 radical (unpaired) electrons. The van der Waals surface area contributed by atoms with Gasteiger partial charge in [0.2, 0.25) is 0 Å². The Morgan fingerprint density at radius 2 is 1.12 bits per heavy atom. The molecule has 6 rings (SSSR count). The molecule has 0 saturated heterocycles. The zero-order valence-corrected chi connectivity index (χ0v) is 14.2. The Bertz CT molecular complexity index is 1410. The molecule has 0 heterocycles. The molecule has 0 aliphatic heterocycles. The van der Waals surface area contributed by atoms with Gasteiger partial charge in [0.15, 0.2) is 0 Å². The van der Waals surface area contributed by atoms with E-state index in [0.29, 0.717) is 0 Å². The van der Waals surface area contributed by atoms with Crippen LogP contribution < -0.4 is 0 Å². The molecule has 0 atom stereocenters. The van der Waals surface area contributed by atoms with Crippen molar-refractivity contribution in [2.75, 3.05) is 0 Å². The largest absolute Gasteiger partial charge is 0.0616 e. The second-order valence-electron chi connectivity index (χ2n) is 6.93. The van der Waals surface area contributed by atoms with E-state index in [1.54, 1.807) is 0 Å². The summed E-state index contributed by atoms with van der Waals surface area (Å²) < 4.78 is 0. The van der Waals surface area contributed by atoms with Crippen LogP contribution in [-0.2, 0) is 0 Å². The second kappa shape index (κ2) is 5.06. The van der Waals surface area contributed by atoms with Crippen molar-refractivity contribution in [3.8, 4) is 11.1 Å². The molecular weight excluding hydrogens is 312 g/mol. The molecule has 0 aliphatic carbocycles. The maximum Gasteiger partial charge on any atom is -0.00141 e. The summed E-state index contributed by atoms with van der Waals surface area (Å²) >= 11 is 0. The van der Waals surface area contributed by atoms with Crippen molar-refractivity contribution < 1.29 is 0 Å². The number of hydrogen-bond acceptors (Lipinski definition) is 0. The number of hydrogen-bond donors (Lipinski definition) is 0. The van der Waals surface area contributed by atoms with Gasteiger partial charge >= 0.3 is 0 Å². The second-order valence-corrected chi connectivity index (χ2v) is 6.93. The zero-order valence-electron chi connectivity index (χ0n) is 14.2. The van der Waals surface area contributed by atoms with E-state index in [0.717, 1.165) is 10.9 Å². The fourth-order valence-corrected chi connectivity index (χ4v) is 4.24. The van der Waals surface area contributed by atoms with Gasteiger partial charge in [0.1, 0.15) is 0 Å². The minimum absolute atomic E-state index is 1.15. The van der Waals surface area contributed by atoms with Gasteiger partial charge in [0.05, 0.1) is 0 Å². The van der Waals surface area contributed by atoms with Crippen LogP contribution in [0.5, 0.6) is 0 Å². The molecule has 6 aromatic carbocycles. The maximum absolute atomic E-state index is 3.62. The summed E-state index contributed by atoms with van der Waals surface area (Å²) in [4.78, 5) is 0. The Morgan fingerprint density at radius 1 is 0.462 bits per heavy atom. The van der Waals surface area contributed by atoms with Crippen molar-refractivity contribution in [3.05, 3.63) is 97.1 Å². The van der Waals surface area contributed by atoms with Gasteiger partial charge in [-0.3, -0.25) is 0 Å². The highest BCUT2D eigenvalue weighted by Gasteiger charge is 2.12. The van der Waals surface area contributed by atoms with Crippen molar-refractivity contribution >= 4 is 43.1 Å². The Kier molecular flexibility index (Phi) is 2.70. The third-order valence-corrected chi connectivity index (χ3v) is 5.48. The van der Waals surface area contributed by atoms with Crippen LogP contribution in [0.4, 0.5) is 0 Å². The molecule has 0 N–H and O–H groups in total. The average molecular weight is 327 g/mol. The monoisotopic (exact) mass is 327 g/mol. The molecule has 119 valence electrons. The predicted octanol–water partition coefficient (Wildman–Crippen LogP) is 7.20. The van der Waals surface area contributed by atoms with Gasteiger partial charge in [0.25, 0.3) is 0 Å². The summed E-state index contributed by atoms with van der Waals surface area (Å²) in [5, 5.41) is 10.3. The van der Waals surface area contributed by atoms with Crippen molar-refractivity contribution in [1.29, 1.82) is 0 Å². The molecule has 0 aliphatic rings. The Balaban J connectivity index is 1.75. The molecule has 6 aromatic rings. The lowest BCUT2D eigenvalue weighted by molar-refractivity contribution is 1.69. The molecule has 0 unspecified atom stereocenters. The number of fused-ring (bicyclic) bond motifs is 1. The summed E-state index contributed by atoms with van der Waals surface area (Å²) in [6, 6.07) is 36.4. The molecule has 0 heteroatoms. The van der Waals surface area contributed by atoms with E-state index < -0.39 is 0 Å². The smallest absolute Gasteiger partial charge is 0.00141 e. The minimum Gasteiger partial charge on any atom is -0.0616 e. The Hall–Kier alpha value is -3.38. The lowest BCUT2D eigenvalue weighted by Gasteiger charge is -2.14. The standard InChI is InChI=1S/C26H15/c1-2-5-21-16-22(11-8-17(21)4-1)23-14-12-20-10-9-18-6-3-7-19-13-15-24(23)26(20)25(18)19/h1-15H. The van der Waals surface area contributed by atoms with Crippen LogP contribution in [-0.4, -0.2) is 0 Å². The van der Waals surface area contributed by atoms with Gasteiger partial charge in [-0.25, -0.2) is 0 Å². The summed E-state index contributed by atoms with van der Waals surface area (Å²) in [5.74, 6) is 0. The van der Waals surface area contributed by atoms with Crippen molar-refractivity contribution in [1.82, 2.24) is 0 Å². The molecular formula is C26H15. The van der Waals surface area contributed by atoms with E-state index in [1.165, 1.54) is 43.3 Å². The average Bonchev–Trinajstić information content (AvgIpc) is 2.71. The number of benzene rings is 6. The topological polar surface area (TPSA) is 0 Å². The fraction of sp³-hybridized carbons (Fsp3) is 0. The molecule has 0 bridgehead atoms. The summed E-state index contributed by atoms with van der Waals surface area (Å²) in [5.41, 5.74) is 2.41. The van der Waals surface area contributed by atoms with Crippen molar-refractivity contribution in [2.45, 2.75) is 0 Å². The van der Waals surface area contributed by atoms with Crippen LogP contribution in [0.1, 0.15) is 0 Å². The predicted molar refractivity (Wildman–Crippen MR) is 112 cm³/mol.